The summed E-state index contributed by atoms with van der Waals surface area (Å²) in [5.41, 5.74) is 5.31. The zero-order chi connectivity index (χ0) is 12.3. The van der Waals surface area contributed by atoms with Gasteiger partial charge in [-0.2, -0.15) is 0 Å². The van der Waals surface area contributed by atoms with Crippen LogP contribution in [0.25, 0.3) is 0 Å². The molecule has 0 radical (unpaired) electrons. The van der Waals surface area contributed by atoms with Gasteiger partial charge in [-0.15, -0.1) is 0 Å². The van der Waals surface area contributed by atoms with E-state index in [9.17, 15) is 0 Å². The third-order valence-corrected chi connectivity index (χ3v) is 3.17. The lowest BCUT2D eigenvalue weighted by Gasteiger charge is -2.17. The molecule has 0 unspecified atom stereocenters. The highest BCUT2D eigenvalue weighted by Gasteiger charge is 2.10. The highest BCUT2D eigenvalue weighted by Crippen LogP contribution is 2.28. The fraction of sp³-hybridized carbons (Fsp3) is 0.571. The van der Waals surface area contributed by atoms with Crippen LogP contribution in [0.4, 0.5) is 0 Å². The van der Waals surface area contributed by atoms with Gasteiger partial charge >= 0.3 is 0 Å². The molecule has 0 aliphatic rings. The Labute approximate surface area is 99.2 Å². The normalized spacial score (nSPS) is 10.9. The monoisotopic (exact) mass is 221 g/mol. The molecule has 0 fully saturated rings. The van der Waals surface area contributed by atoms with Crippen LogP contribution in [0, 0.1) is 20.8 Å². The van der Waals surface area contributed by atoms with Crippen molar-refractivity contribution in [2.24, 2.45) is 0 Å². The molecule has 90 valence electrons. The molecule has 0 aromatic heterocycles. The predicted molar refractivity (Wildman–Crippen MR) is 69.5 cm³/mol. The molecule has 0 N–H and O–H groups in total. The molecule has 16 heavy (non-hydrogen) atoms. The molecule has 0 heterocycles. The Hall–Kier alpha value is -1.02. The van der Waals surface area contributed by atoms with Gasteiger partial charge in [-0.25, -0.2) is 0 Å². The molecule has 2 nitrogen and oxygen atoms in total. The average molecular weight is 221 g/mol. The SMILES string of the molecule is COc1c(C)cc(CCN(C)C)c(C)c1C. The first kappa shape index (κ1) is 13.0. The molecular formula is C14H23NO. The zero-order valence-corrected chi connectivity index (χ0v) is 11.3. The van der Waals surface area contributed by atoms with E-state index in [-0.39, 0.29) is 0 Å². The number of aryl methyl sites for hydroxylation is 1. The molecule has 0 aliphatic heterocycles. The van der Waals surface area contributed by atoms with Crippen molar-refractivity contribution in [1.29, 1.82) is 0 Å². The fourth-order valence-corrected chi connectivity index (χ4v) is 2.06. The molecule has 2 heteroatoms. The van der Waals surface area contributed by atoms with Gasteiger partial charge in [0, 0.05) is 6.54 Å². The molecule has 1 rings (SSSR count). The maximum absolute atomic E-state index is 5.43. The highest BCUT2D eigenvalue weighted by atomic mass is 16.5. The lowest BCUT2D eigenvalue weighted by atomic mass is 9.96. The summed E-state index contributed by atoms with van der Waals surface area (Å²) < 4.78 is 5.43. The summed E-state index contributed by atoms with van der Waals surface area (Å²) >= 11 is 0. The van der Waals surface area contributed by atoms with Crippen LogP contribution in [-0.4, -0.2) is 32.6 Å². The summed E-state index contributed by atoms with van der Waals surface area (Å²) in [7, 11) is 5.96. The van der Waals surface area contributed by atoms with Gasteiger partial charge in [0.1, 0.15) is 5.75 Å². The van der Waals surface area contributed by atoms with Crippen molar-refractivity contribution in [3.63, 3.8) is 0 Å². The van der Waals surface area contributed by atoms with Crippen molar-refractivity contribution in [3.05, 3.63) is 28.3 Å². The van der Waals surface area contributed by atoms with E-state index in [0.717, 1.165) is 18.7 Å². The first-order valence-electron chi connectivity index (χ1n) is 5.75. The second kappa shape index (κ2) is 5.35. The lowest BCUT2D eigenvalue weighted by molar-refractivity contribution is 0.405. The van der Waals surface area contributed by atoms with Gasteiger partial charge in [-0.05, 0) is 63.5 Å². The Kier molecular flexibility index (Phi) is 4.36. The largest absolute Gasteiger partial charge is 0.496 e. The van der Waals surface area contributed by atoms with Gasteiger partial charge in [0.25, 0.3) is 0 Å². The van der Waals surface area contributed by atoms with E-state index in [1.54, 1.807) is 7.11 Å². The van der Waals surface area contributed by atoms with Gasteiger partial charge in [0.2, 0.25) is 0 Å². The van der Waals surface area contributed by atoms with Crippen molar-refractivity contribution < 1.29 is 4.74 Å². The van der Waals surface area contributed by atoms with Gasteiger partial charge in [-0.1, -0.05) is 6.07 Å². The molecule has 0 amide bonds. The van der Waals surface area contributed by atoms with E-state index in [4.69, 9.17) is 4.74 Å². The van der Waals surface area contributed by atoms with Gasteiger partial charge in [0.05, 0.1) is 7.11 Å². The number of likely N-dealkylation sites (N-methyl/N-ethyl adjacent to an activating group) is 1. The number of hydrogen-bond acceptors (Lipinski definition) is 2. The zero-order valence-electron chi connectivity index (χ0n) is 11.3. The van der Waals surface area contributed by atoms with Crippen LogP contribution < -0.4 is 4.74 Å². The second-order valence-electron chi connectivity index (χ2n) is 4.69. The van der Waals surface area contributed by atoms with Crippen molar-refractivity contribution >= 4 is 0 Å². The topological polar surface area (TPSA) is 12.5 Å². The molecule has 0 bridgehead atoms. The van der Waals surface area contributed by atoms with E-state index < -0.39 is 0 Å². The standard InChI is InChI=1S/C14H23NO/c1-10-9-13(7-8-15(4)5)11(2)12(3)14(10)16-6/h9H,7-8H2,1-6H3. The number of hydrogen-bond donors (Lipinski definition) is 0. The van der Waals surface area contributed by atoms with Crippen LogP contribution in [-0.2, 0) is 6.42 Å². The van der Waals surface area contributed by atoms with E-state index in [1.807, 2.05) is 0 Å². The molecule has 0 saturated carbocycles. The number of rotatable bonds is 4. The maximum Gasteiger partial charge on any atom is 0.124 e. The first-order chi connectivity index (χ1) is 7.47. The van der Waals surface area contributed by atoms with Crippen molar-refractivity contribution in [1.82, 2.24) is 4.90 Å². The third kappa shape index (κ3) is 2.76. The molecular weight excluding hydrogens is 198 g/mol. The smallest absolute Gasteiger partial charge is 0.124 e. The number of benzene rings is 1. The van der Waals surface area contributed by atoms with Crippen LogP contribution >= 0.6 is 0 Å². The minimum Gasteiger partial charge on any atom is -0.496 e. The molecule has 0 spiro atoms. The van der Waals surface area contributed by atoms with Crippen molar-refractivity contribution in [2.45, 2.75) is 27.2 Å². The van der Waals surface area contributed by atoms with Crippen LogP contribution in [0.3, 0.4) is 0 Å². The van der Waals surface area contributed by atoms with Crippen LogP contribution in [0.15, 0.2) is 6.07 Å². The van der Waals surface area contributed by atoms with E-state index in [1.165, 1.54) is 22.3 Å². The third-order valence-electron chi connectivity index (χ3n) is 3.17. The molecule has 1 aromatic rings. The molecule has 1 aromatic carbocycles. The Morgan fingerprint density at radius 2 is 1.75 bits per heavy atom. The molecule has 0 saturated heterocycles. The minimum atomic E-state index is 1.03. The van der Waals surface area contributed by atoms with E-state index >= 15 is 0 Å². The van der Waals surface area contributed by atoms with Crippen LogP contribution in [0.2, 0.25) is 0 Å². The Morgan fingerprint density at radius 3 is 2.25 bits per heavy atom. The fourth-order valence-electron chi connectivity index (χ4n) is 2.06. The van der Waals surface area contributed by atoms with E-state index in [2.05, 4.69) is 45.8 Å². The predicted octanol–water partition coefficient (Wildman–Crippen LogP) is 2.72. The average Bonchev–Trinajstić information content (AvgIpc) is 2.22. The van der Waals surface area contributed by atoms with Crippen molar-refractivity contribution in [2.75, 3.05) is 27.7 Å². The summed E-state index contributed by atoms with van der Waals surface area (Å²) in [6.07, 6.45) is 1.10. The highest BCUT2D eigenvalue weighted by molar-refractivity contribution is 5.49. The Morgan fingerprint density at radius 1 is 1.12 bits per heavy atom. The maximum atomic E-state index is 5.43. The summed E-state index contributed by atoms with van der Waals surface area (Å²) in [6, 6.07) is 2.25. The van der Waals surface area contributed by atoms with Gasteiger partial charge < -0.3 is 9.64 Å². The van der Waals surface area contributed by atoms with Crippen molar-refractivity contribution in [3.8, 4) is 5.75 Å². The summed E-state index contributed by atoms with van der Waals surface area (Å²) in [5.74, 6) is 1.03. The lowest BCUT2D eigenvalue weighted by Crippen LogP contribution is -2.16. The number of nitrogens with zero attached hydrogens (tertiary/aromatic N) is 1. The second-order valence-corrected chi connectivity index (χ2v) is 4.69. The Bertz CT molecular complexity index is 369. The van der Waals surface area contributed by atoms with E-state index in [0.29, 0.717) is 0 Å². The summed E-state index contributed by atoms with van der Waals surface area (Å²) in [4.78, 5) is 2.22. The summed E-state index contributed by atoms with van der Waals surface area (Å²) in [6.45, 7) is 7.53. The quantitative estimate of drug-likeness (QED) is 0.775. The van der Waals surface area contributed by atoms with Gasteiger partial charge in [0.15, 0.2) is 0 Å². The van der Waals surface area contributed by atoms with Gasteiger partial charge in [-0.3, -0.25) is 0 Å². The molecule has 0 atom stereocenters. The number of methoxy groups -OCH3 is 1. The first-order valence-corrected chi connectivity index (χ1v) is 5.75. The molecule has 0 aliphatic carbocycles. The van der Waals surface area contributed by atoms with Crippen LogP contribution in [0.1, 0.15) is 22.3 Å². The minimum absolute atomic E-state index is 1.03. The summed E-state index contributed by atoms with van der Waals surface area (Å²) in [5, 5.41) is 0. The number of ether oxygens (including phenoxy) is 1. The Balaban J connectivity index is 3.03. The van der Waals surface area contributed by atoms with Crippen LogP contribution in [0.5, 0.6) is 5.75 Å².